The van der Waals surface area contributed by atoms with Crippen molar-refractivity contribution in [1.82, 2.24) is 10.2 Å². The van der Waals surface area contributed by atoms with Gasteiger partial charge in [-0.15, -0.1) is 5.10 Å². The molecule has 8 nitrogen and oxygen atoms in total. The summed E-state index contributed by atoms with van der Waals surface area (Å²) in [6.07, 6.45) is 0. The smallest absolute Gasteiger partial charge is 0.341 e. The number of anilines is 1. The van der Waals surface area contributed by atoms with Gasteiger partial charge in [0.05, 0.1) is 17.9 Å². The third-order valence-corrected chi connectivity index (χ3v) is 5.40. The Kier molecular flexibility index (Phi) is 3.89. The number of hydrogen-bond acceptors (Lipinski definition) is 6. The minimum atomic E-state index is -1.56. The van der Waals surface area contributed by atoms with Crippen LogP contribution in [0.3, 0.4) is 0 Å². The van der Waals surface area contributed by atoms with E-state index in [1.54, 1.807) is 25.1 Å². The van der Waals surface area contributed by atoms with E-state index < -0.39 is 17.3 Å². The Morgan fingerprint density at radius 1 is 1.17 bits per heavy atom. The Hall–Kier alpha value is -4.07. The van der Waals surface area contributed by atoms with E-state index in [2.05, 4.69) is 15.5 Å². The number of aromatic nitrogens is 2. The molecule has 2 aliphatic rings. The highest BCUT2D eigenvalue weighted by molar-refractivity contribution is 6.18. The lowest BCUT2D eigenvalue weighted by molar-refractivity contribution is -0.140. The number of nitrogens with one attached hydrogen (secondary N) is 2. The summed E-state index contributed by atoms with van der Waals surface area (Å²) in [4.78, 5) is 26.7. The molecule has 150 valence electrons. The van der Waals surface area contributed by atoms with Gasteiger partial charge in [-0.25, -0.2) is 4.79 Å². The average Bonchev–Trinajstić information content (AvgIpc) is 3.29. The fraction of sp³-hybridized carbons (Fsp3) is 0.136. The van der Waals surface area contributed by atoms with Gasteiger partial charge in [-0.3, -0.25) is 9.89 Å². The lowest BCUT2D eigenvalue weighted by Gasteiger charge is -2.33. The normalized spacial score (nSPS) is 19.2. The van der Waals surface area contributed by atoms with Crippen molar-refractivity contribution in [1.29, 1.82) is 0 Å². The molecular weight excluding hydrogens is 384 g/mol. The van der Waals surface area contributed by atoms with Crippen molar-refractivity contribution in [2.75, 3.05) is 11.9 Å². The highest BCUT2D eigenvalue weighted by atomic mass is 16.5. The van der Waals surface area contributed by atoms with Crippen LogP contribution in [0, 0.1) is 0 Å². The summed E-state index contributed by atoms with van der Waals surface area (Å²) < 4.78 is 11.0. The van der Waals surface area contributed by atoms with Gasteiger partial charge >= 0.3 is 5.97 Å². The number of amides is 1. The third kappa shape index (κ3) is 2.24. The number of carbonyl (C=O) groups excluding carboxylic acids is 2. The van der Waals surface area contributed by atoms with Gasteiger partial charge in [-0.1, -0.05) is 48.5 Å². The Balaban J connectivity index is 1.88. The maximum Gasteiger partial charge on any atom is 0.341 e. The molecule has 0 saturated carbocycles. The number of carbonyl (C=O) groups is 2. The summed E-state index contributed by atoms with van der Waals surface area (Å²) in [5, 5.41) is 10.1. The maximum absolute atomic E-state index is 13.6. The van der Waals surface area contributed by atoms with Crippen molar-refractivity contribution in [3.8, 4) is 17.1 Å². The first-order chi connectivity index (χ1) is 14.6. The molecule has 0 saturated heterocycles. The van der Waals surface area contributed by atoms with E-state index in [1.807, 2.05) is 36.4 Å². The first-order valence-electron chi connectivity index (χ1n) is 9.49. The Bertz CT molecular complexity index is 1210. The van der Waals surface area contributed by atoms with Crippen LogP contribution in [0.15, 0.2) is 66.1 Å². The standard InChI is InChI=1S/C22H18N4O4/c1-2-29-20(27)16-18(23)30-19-15(17(25-26-19)12-8-4-3-5-9-12)22(16)13-10-6-7-11-14(13)24-21(22)28/h3-11H,2,23H2,1H3,(H,24,28)(H,25,26). The van der Waals surface area contributed by atoms with Gasteiger partial charge in [0.1, 0.15) is 11.0 Å². The quantitative estimate of drug-likeness (QED) is 0.579. The van der Waals surface area contributed by atoms with Crippen LogP contribution in [-0.4, -0.2) is 28.7 Å². The Morgan fingerprint density at radius 3 is 2.67 bits per heavy atom. The van der Waals surface area contributed by atoms with E-state index in [0.29, 0.717) is 22.5 Å². The minimum absolute atomic E-state index is 0.0575. The Labute approximate surface area is 171 Å². The lowest BCUT2D eigenvalue weighted by atomic mass is 9.68. The molecule has 0 bridgehead atoms. The number of ether oxygens (including phenoxy) is 2. The van der Waals surface area contributed by atoms with Crippen LogP contribution >= 0.6 is 0 Å². The molecule has 0 aliphatic carbocycles. The van der Waals surface area contributed by atoms with Gasteiger partial charge in [0.2, 0.25) is 17.7 Å². The molecule has 30 heavy (non-hydrogen) atoms. The first kappa shape index (κ1) is 18.0. The van der Waals surface area contributed by atoms with Crippen LogP contribution in [0.4, 0.5) is 5.69 Å². The molecule has 1 atom stereocenters. The summed E-state index contributed by atoms with van der Waals surface area (Å²) in [6, 6.07) is 16.6. The van der Waals surface area contributed by atoms with Gasteiger partial charge in [0, 0.05) is 16.8 Å². The third-order valence-electron chi connectivity index (χ3n) is 5.40. The molecule has 8 heteroatoms. The number of esters is 1. The summed E-state index contributed by atoms with van der Waals surface area (Å²) in [6.45, 7) is 1.81. The number of benzene rings is 2. The van der Waals surface area contributed by atoms with Crippen LogP contribution in [0.2, 0.25) is 0 Å². The zero-order valence-electron chi connectivity index (χ0n) is 16.1. The van der Waals surface area contributed by atoms with Gasteiger partial charge in [-0.2, -0.15) is 0 Å². The van der Waals surface area contributed by atoms with Gasteiger partial charge in [0.25, 0.3) is 0 Å². The predicted octanol–water partition coefficient (Wildman–Crippen LogP) is 2.44. The second-order valence-electron chi connectivity index (χ2n) is 6.96. The first-order valence-corrected chi connectivity index (χ1v) is 9.49. The summed E-state index contributed by atoms with van der Waals surface area (Å²) in [5.74, 6) is -1.20. The SMILES string of the molecule is CCOC(=O)C1=C(N)Oc2n[nH]c(-c3ccccc3)c2C12C(=O)Nc1ccccc12. The highest BCUT2D eigenvalue weighted by Gasteiger charge is 2.60. The molecule has 5 rings (SSSR count). The predicted molar refractivity (Wildman–Crippen MR) is 108 cm³/mol. The van der Waals surface area contributed by atoms with Crippen LogP contribution in [-0.2, 0) is 19.7 Å². The van der Waals surface area contributed by atoms with Crippen molar-refractivity contribution >= 4 is 17.6 Å². The number of H-pyrrole nitrogens is 1. The number of hydrogen-bond donors (Lipinski definition) is 3. The topological polar surface area (TPSA) is 119 Å². The van der Waals surface area contributed by atoms with Gasteiger partial charge in [0.15, 0.2) is 0 Å². The average molecular weight is 402 g/mol. The number of rotatable bonds is 3. The van der Waals surface area contributed by atoms with Crippen LogP contribution in [0.1, 0.15) is 18.1 Å². The van der Waals surface area contributed by atoms with E-state index >= 15 is 0 Å². The zero-order valence-corrected chi connectivity index (χ0v) is 16.1. The van der Waals surface area contributed by atoms with E-state index in [9.17, 15) is 9.59 Å². The lowest BCUT2D eigenvalue weighted by Crippen LogP contribution is -2.46. The molecule has 3 aromatic rings. The molecule has 4 N–H and O–H groups in total. The van der Waals surface area contributed by atoms with Crippen LogP contribution < -0.4 is 15.8 Å². The Morgan fingerprint density at radius 2 is 1.90 bits per heavy atom. The number of nitrogens with zero attached hydrogens (tertiary/aromatic N) is 1. The molecule has 1 unspecified atom stereocenters. The maximum atomic E-state index is 13.6. The van der Waals surface area contributed by atoms with Crippen molar-refractivity contribution in [3.63, 3.8) is 0 Å². The largest absolute Gasteiger partial charge is 0.462 e. The molecule has 1 aromatic heterocycles. The van der Waals surface area contributed by atoms with Crippen molar-refractivity contribution in [2.24, 2.45) is 5.73 Å². The summed E-state index contributed by atoms with van der Waals surface area (Å²) >= 11 is 0. The second kappa shape index (κ2) is 6.48. The van der Waals surface area contributed by atoms with E-state index in [0.717, 1.165) is 5.56 Å². The minimum Gasteiger partial charge on any atom is -0.462 e. The molecule has 3 heterocycles. The number of para-hydroxylation sites is 1. The summed E-state index contributed by atoms with van der Waals surface area (Å²) in [7, 11) is 0. The van der Waals surface area contributed by atoms with Crippen molar-refractivity contribution in [2.45, 2.75) is 12.3 Å². The van der Waals surface area contributed by atoms with E-state index in [4.69, 9.17) is 15.2 Å². The molecule has 1 amide bonds. The molecule has 0 fully saturated rings. The molecule has 2 aliphatic heterocycles. The fourth-order valence-corrected chi connectivity index (χ4v) is 4.24. The number of nitrogens with two attached hydrogens (primary N) is 1. The molecular formula is C22H18N4O4. The van der Waals surface area contributed by atoms with Gasteiger partial charge < -0.3 is 20.5 Å². The van der Waals surface area contributed by atoms with Crippen molar-refractivity contribution < 1.29 is 19.1 Å². The monoisotopic (exact) mass is 402 g/mol. The number of aromatic amines is 1. The van der Waals surface area contributed by atoms with E-state index in [-0.39, 0.29) is 23.9 Å². The molecule has 0 radical (unpaired) electrons. The van der Waals surface area contributed by atoms with Crippen LogP contribution in [0.25, 0.3) is 11.3 Å². The molecule has 1 spiro atoms. The number of fused-ring (bicyclic) bond motifs is 4. The van der Waals surface area contributed by atoms with E-state index in [1.165, 1.54) is 0 Å². The second-order valence-corrected chi connectivity index (χ2v) is 6.96. The zero-order chi connectivity index (χ0) is 20.9. The van der Waals surface area contributed by atoms with Crippen molar-refractivity contribution in [3.05, 3.63) is 77.2 Å². The van der Waals surface area contributed by atoms with Crippen LogP contribution in [0.5, 0.6) is 5.88 Å². The summed E-state index contributed by atoms with van der Waals surface area (Å²) in [5.41, 5.74) is 7.50. The van der Waals surface area contributed by atoms with Gasteiger partial charge in [-0.05, 0) is 13.0 Å². The molecule has 2 aromatic carbocycles. The highest BCUT2D eigenvalue weighted by Crippen LogP contribution is 2.55. The fourth-order valence-electron chi connectivity index (χ4n) is 4.24.